The zero-order chi connectivity index (χ0) is 22.3. The molecular weight excluding hydrogens is 400 g/mol. The van der Waals surface area contributed by atoms with Crippen molar-refractivity contribution in [2.45, 2.75) is 25.4 Å². The highest BCUT2D eigenvalue weighted by Crippen LogP contribution is 2.49. The van der Waals surface area contributed by atoms with Gasteiger partial charge in [-0.3, -0.25) is 9.59 Å². The highest BCUT2D eigenvalue weighted by atomic mass is 16.5. The number of aryl methyl sites for hydroxylation is 2. The minimum absolute atomic E-state index is 0.00775. The van der Waals surface area contributed by atoms with Gasteiger partial charge in [0.05, 0.1) is 7.11 Å². The fraction of sp³-hybridized carbons (Fsp3) is 0.259. The van der Waals surface area contributed by atoms with Crippen LogP contribution in [0.5, 0.6) is 5.75 Å². The number of carbonyl (C=O) groups excluding carboxylic acids is 2. The molecule has 0 spiro atoms. The summed E-state index contributed by atoms with van der Waals surface area (Å²) < 4.78 is 5.22. The minimum Gasteiger partial charge on any atom is -0.497 e. The Bertz CT molecular complexity index is 1170. The lowest BCUT2D eigenvalue weighted by atomic mass is 9.89. The summed E-state index contributed by atoms with van der Waals surface area (Å²) in [4.78, 5) is 30.7. The van der Waals surface area contributed by atoms with Crippen molar-refractivity contribution >= 4 is 11.8 Å². The predicted octanol–water partition coefficient (Wildman–Crippen LogP) is 4.14. The molecule has 0 radical (unpaired) electrons. The van der Waals surface area contributed by atoms with Crippen LogP contribution in [0.1, 0.15) is 39.0 Å². The Labute approximate surface area is 188 Å². The van der Waals surface area contributed by atoms with Gasteiger partial charge < -0.3 is 14.5 Å². The third-order valence-electron chi connectivity index (χ3n) is 6.65. The van der Waals surface area contributed by atoms with E-state index in [0.717, 1.165) is 28.0 Å². The molecular formula is C27H26N2O3. The Morgan fingerprint density at radius 1 is 0.969 bits per heavy atom. The Balaban J connectivity index is 1.52. The molecule has 0 bridgehead atoms. The quantitative estimate of drug-likeness (QED) is 0.616. The average Bonchev–Trinajstić information content (AvgIpc) is 3.34. The smallest absolute Gasteiger partial charge is 0.256 e. The van der Waals surface area contributed by atoms with E-state index in [-0.39, 0.29) is 11.8 Å². The van der Waals surface area contributed by atoms with Crippen molar-refractivity contribution in [2.75, 3.05) is 20.2 Å². The van der Waals surface area contributed by atoms with E-state index >= 15 is 0 Å². The normalized spacial score (nSPS) is 19.1. The fourth-order valence-electron chi connectivity index (χ4n) is 5.06. The van der Waals surface area contributed by atoms with Gasteiger partial charge in [-0.15, -0.1) is 0 Å². The highest BCUT2D eigenvalue weighted by molar-refractivity contribution is 6.02. The summed E-state index contributed by atoms with van der Waals surface area (Å²) in [5.41, 5.74) is 3.88. The number of amides is 2. The van der Waals surface area contributed by atoms with Gasteiger partial charge >= 0.3 is 0 Å². The zero-order valence-corrected chi connectivity index (χ0v) is 18.4. The van der Waals surface area contributed by atoms with Crippen molar-refractivity contribution in [3.63, 3.8) is 0 Å². The largest absolute Gasteiger partial charge is 0.497 e. The van der Waals surface area contributed by atoms with Gasteiger partial charge in [-0.05, 0) is 37.1 Å². The summed E-state index contributed by atoms with van der Waals surface area (Å²) in [6.07, 6.45) is 1.02. The third kappa shape index (κ3) is 3.00. The molecule has 1 saturated heterocycles. The van der Waals surface area contributed by atoms with Crippen LogP contribution in [-0.4, -0.2) is 41.8 Å². The molecule has 32 heavy (non-hydrogen) atoms. The Morgan fingerprint density at radius 3 is 2.41 bits per heavy atom. The summed E-state index contributed by atoms with van der Waals surface area (Å²) in [5, 5.41) is 0. The van der Waals surface area contributed by atoms with Crippen LogP contribution in [0.15, 0.2) is 72.8 Å². The first-order chi connectivity index (χ1) is 15.6. The molecule has 5 rings (SSSR count). The van der Waals surface area contributed by atoms with Crippen LogP contribution in [0.25, 0.3) is 0 Å². The number of rotatable bonds is 5. The van der Waals surface area contributed by atoms with Crippen LogP contribution < -0.4 is 4.74 Å². The van der Waals surface area contributed by atoms with Gasteiger partial charge in [-0.25, -0.2) is 0 Å². The maximum atomic E-state index is 13.6. The van der Waals surface area contributed by atoms with Gasteiger partial charge in [-0.2, -0.15) is 0 Å². The molecule has 5 nitrogen and oxygen atoms in total. The number of hydrogen-bond donors (Lipinski definition) is 0. The molecule has 2 heterocycles. The molecule has 0 aromatic heterocycles. The van der Waals surface area contributed by atoms with Crippen molar-refractivity contribution in [1.29, 1.82) is 0 Å². The molecule has 2 amide bonds. The maximum Gasteiger partial charge on any atom is 0.256 e. The second-order valence-electron chi connectivity index (χ2n) is 8.43. The van der Waals surface area contributed by atoms with Gasteiger partial charge in [0.2, 0.25) is 5.91 Å². The molecule has 0 aliphatic carbocycles. The van der Waals surface area contributed by atoms with Crippen molar-refractivity contribution in [3.05, 3.63) is 101 Å². The van der Waals surface area contributed by atoms with E-state index in [1.807, 2.05) is 89.5 Å². The molecule has 2 aliphatic heterocycles. The highest BCUT2D eigenvalue weighted by Gasteiger charge is 2.59. The van der Waals surface area contributed by atoms with Crippen molar-refractivity contribution in [2.24, 2.45) is 0 Å². The lowest BCUT2D eigenvalue weighted by Crippen LogP contribution is -2.51. The first-order valence-electron chi connectivity index (χ1n) is 11.0. The van der Waals surface area contributed by atoms with E-state index in [4.69, 9.17) is 4.74 Å². The molecule has 1 atom stereocenters. The van der Waals surface area contributed by atoms with Crippen LogP contribution >= 0.6 is 0 Å². The molecule has 0 N–H and O–H groups in total. The monoisotopic (exact) mass is 426 g/mol. The lowest BCUT2D eigenvalue weighted by Gasteiger charge is -2.40. The van der Waals surface area contributed by atoms with E-state index in [1.165, 1.54) is 0 Å². The van der Waals surface area contributed by atoms with E-state index in [9.17, 15) is 9.59 Å². The minimum atomic E-state index is -0.877. The standard InChI is InChI=1S/C27H26N2O3/c1-19-7-12-21(13-8-19)27-24-6-4-3-5-23(24)26(31)29(27)18-17-28(27)25(30)16-11-20-9-14-22(32-2)15-10-20/h3-10,12-15H,11,16-18H2,1-2H3. The molecule has 1 fully saturated rings. The van der Waals surface area contributed by atoms with Crippen molar-refractivity contribution in [1.82, 2.24) is 9.80 Å². The van der Waals surface area contributed by atoms with Crippen molar-refractivity contribution in [3.8, 4) is 5.75 Å². The molecule has 3 aromatic carbocycles. The van der Waals surface area contributed by atoms with Crippen LogP contribution in [-0.2, 0) is 16.9 Å². The number of hydrogen-bond acceptors (Lipinski definition) is 3. The second-order valence-corrected chi connectivity index (χ2v) is 8.43. The van der Waals surface area contributed by atoms with Crippen LogP contribution in [0.2, 0.25) is 0 Å². The van der Waals surface area contributed by atoms with Gasteiger partial charge in [0.15, 0.2) is 5.66 Å². The number of fused-ring (bicyclic) bond motifs is 3. The van der Waals surface area contributed by atoms with Gasteiger partial charge in [0.25, 0.3) is 5.91 Å². The molecule has 3 aromatic rings. The zero-order valence-electron chi connectivity index (χ0n) is 18.4. The SMILES string of the molecule is COc1ccc(CCC(=O)N2CCN3C(=O)c4ccccc4C23c2ccc(C)cc2)cc1. The van der Waals surface area contributed by atoms with E-state index in [2.05, 4.69) is 0 Å². The number of ether oxygens (including phenoxy) is 1. The molecule has 162 valence electrons. The molecule has 2 aliphatic rings. The first kappa shape index (κ1) is 20.3. The first-order valence-corrected chi connectivity index (χ1v) is 11.0. The second kappa shape index (κ2) is 7.83. The van der Waals surface area contributed by atoms with Crippen LogP contribution in [0.4, 0.5) is 0 Å². The number of benzene rings is 3. The third-order valence-corrected chi connectivity index (χ3v) is 6.65. The molecule has 0 saturated carbocycles. The number of carbonyl (C=O) groups is 2. The van der Waals surface area contributed by atoms with Crippen LogP contribution in [0, 0.1) is 6.92 Å². The predicted molar refractivity (Wildman–Crippen MR) is 122 cm³/mol. The maximum absolute atomic E-state index is 13.6. The van der Waals surface area contributed by atoms with Gasteiger partial charge in [0.1, 0.15) is 5.75 Å². The molecule has 1 unspecified atom stereocenters. The van der Waals surface area contributed by atoms with Gasteiger partial charge in [-0.1, -0.05) is 60.2 Å². The number of methoxy groups -OCH3 is 1. The fourth-order valence-corrected chi connectivity index (χ4v) is 5.06. The summed E-state index contributed by atoms with van der Waals surface area (Å²) in [6, 6.07) is 23.7. The summed E-state index contributed by atoms with van der Waals surface area (Å²) in [6.45, 7) is 3.09. The summed E-state index contributed by atoms with van der Waals surface area (Å²) in [5.74, 6) is 0.842. The van der Waals surface area contributed by atoms with Crippen molar-refractivity contribution < 1.29 is 14.3 Å². The van der Waals surface area contributed by atoms with Crippen LogP contribution in [0.3, 0.4) is 0 Å². The molecule has 5 heteroatoms. The topological polar surface area (TPSA) is 49.9 Å². The number of nitrogens with zero attached hydrogens (tertiary/aromatic N) is 2. The summed E-state index contributed by atoms with van der Waals surface area (Å²) in [7, 11) is 1.64. The summed E-state index contributed by atoms with van der Waals surface area (Å²) >= 11 is 0. The Hall–Kier alpha value is -3.60. The average molecular weight is 427 g/mol. The van der Waals surface area contributed by atoms with Gasteiger partial charge in [0, 0.05) is 36.2 Å². The Morgan fingerprint density at radius 2 is 1.69 bits per heavy atom. The van der Waals surface area contributed by atoms with E-state index in [1.54, 1.807) is 7.11 Å². The van der Waals surface area contributed by atoms with E-state index < -0.39 is 5.66 Å². The lowest BCUT2D eigenvalue weighted by molar-refractivity contribution is -0.136. The van der Waals surface area contributed by atoms with E-state index in [0.29, 0.717) is 31.5 Å². The Kier molecular flexibility index (Phi) is 4.97.